The van der Waals surface area contributed by atoms with Crippen molar-refractivity contribution >= 4 is 35.1 Å². The minimum absolute atomic E-state index is 0.0823. The lowest BCUT2D eigenvalue weighted by Crippen LogP contribution is -2.50. The summed E-state index contributed by atoms with van der Waals surface area (Å²) < 4.78 is 0. The SMILES string of the molecule is O=C1CSc2ccc(C(=O)CN3CCC(O)(C(=O)O)CC3)cc2N1. The van der Waals surface area contributed by atoms with Gasteiger partial charge in [-0.1, -0.05) is 6.07 Å². The summed E-state index contributed by atoms with van der Waals surface area (Å²) in [5, 5.41) is 21.7. The van der Waals surface area contributed by atoms with E-state index in [2.05, 4.69) is 5.32 Å². The maximum atomic E-state index is 12.4. The van der Waals surface area contributed by atoms with Gasteiger partial charge in [0.25, 0.3) is 0 Å². The van der Waals surface area contributed by atoms with Crippen molar-refractivity contribution in [2.24, 2.45) is 0 Å². The predicted octanol–water partition coefficient (Wildman–Crippen LogP) is 0.825. The fourth-order valence-electron chi connectivity index (χ4n) is 2.85. The lowest BCUT2D eigenvalue weighted by molar-refractivity contribution is -0.163. The number of thioether (sulfide) groups is 1. The van der Waals surface area contributed by atoms with Crippen LogP contribution < -0.4 is 5.32 Å². The van der Waals surface area contributed by atoms with Crippen LogP contribution in [0.2, 0.25) is 0 Å². The minimum Gasteiger partial charge on any atom is -0.479 e. The van der Waals surface area contributed by atoms with Crippen LogP contribution in [0.15, 0.2) is 23.1 Å². The number of ketones is 1. The average molecular weight is 350 g/mol. The molecule has 2 aliphatic heterocycles. The van der Waals surface area contributed by atoms with Gasteiger partial charge in [-0.2, -0.15) is 0 Å². The summed E-state index contributed by atoms with van der Waals surface area (Å²) in [6.07, 6.45) is 0.207. The van der Waals surface area contributed by atoms with Crippen molar-refractivity contribution in [2.75, 3.05) is 30.7 Å². The molecule has 128 valence electrons. The summed E-state index contributed by atoms with van der Waals surface area (Å²) in [5.41, 5.74) is -0.524. The second kappa shape index (κ2) is 6.54. The van der Waals surface area contributed by atoms with Crippen molar-refractivity contribution in [3.05, 3.63) is 23.8 Å². The van der Waals surface area contributed by atoms with Crippen LogP contribution in [0.1, 0.15) is 23.2 Å². The minimum atomic E-state index is -1.69. The molecule has 0 aromatic heterocycles. The molecule has 7 nitrogen and oxygen atoms in total. The molecule has 0 atom stereocenters. The Morgan fingerprint density at radius 3 is 2.67 bits per heavy atom. The van der Waals surface area contributed by atoms with Crippen LogP contribution in [-0.2, 0) is 9.59 Å². The van der Waals surface area contributed by atoms with E-state index in [9.17, 15) is 19.5 Å². The first-order chi connectivity index (χ1) is 11.4. The smallest absolute Gasteiger partial charge is 0.335 e. The highest BCUT2D eigenvalue weighted by molar-refractivity contribution is 8.00. The molecular formula is C16H18N2O5S. The second-order valence-corrected chi connectivity index (χ2v) is 7.10. The van der Waals surface area contributed by atoms with E-state index in [-0.39, 0.29) is 31.1 Å². The van der Waals surface area contributed by atoms with Crippen molar-refractivity contribution in [3.8, 4) is 0 Å². The van der Waals surface area contributed by atoms with Gasteiger partial charge in [-0.05, 0) is 25.0 Å². The first-order valence-corrected chi connectivity index (χ1v) is 8.64. The molecule has 1 aromatic rings. The number of benzene rings is 1. The fraction of sp³-hybridized carbons (Fsp3) is 0.438. The highest BCUT2D eigenvalue weighted by Crippen LogP contribution is 2.32. The van der Waals surface area contributed by atoms with Gasteiger partial charge in [0, 0.05) is 23.5 Å². The summed E-state index contributed by atoms with van der Waals surface area (Å²) in [6, 6.07) is 5.24. The Morgan fingerprint density at radius 1 is 1.29 bits per heavy atom. The van der Waals surface area contributed by atoms with E-state index >= 15 is 0 Å². The average Bonchev–Trinajstić information content (AvgIpc) is 2.56. The second-order valence-electron chi connectivity index (χ2n) is 6.08. The van der Waals surface area contributed by atoms with E-state index < -0.39 is 11.6 Å². The van der Waals surface area contributed by atoms with Crippen LogP contribution in [0.5, 0.6) is 0 Å². The van der Waals surface area contributed by atoms with Gasteiger partial charge in [0.1, 0.15) is 0 Å². The van der Waals surface area contributed by atoms with Crippen molar-refractivity contribution in [1.29, 1.82) is 0 Å². The van der Waals surface area contributed by atoms with Gasteiger partial charge in [-0.3, -0.25) is 14.5 Å². The van der Waals surface area contributed by atoms with Crippen LogP contribution in [-0.4, -0.2) is 63.8 Å². The molecule has 1 fully saturated rings. The molecule has 0 bridgehead atoms. The lowest BCUT2D eigenvalue weighted by Gasteiger charge is -2.34. The molecule has 0 radical (unpaired) electrons. The topological polar surface area (TPSA) is 107 Å². The number of nitrogens with zero attached hydrogens (tertiary/aromatic N) is 1. The molecule has 3 rings (SSSR count). The Balaban J connectivity index is 1.63. The molecule has 0 spiro atoms. The molecular weight excluding hydrogens is 332 g/mol. The number of fused-ring (bicyclic) bond motifs is 1. The number of carbonyl (C=O) groups is 3. The lowest BCUT2D eigenvalue weighted by atomic mass is 9.91. The zero-order chi connectivity index (χ0) is 17.3. The number of anilines is 1. The van der Waals surface area contributed by atoms with Gasteiger partial charge in [0.05, 0.1) is 18.0 Å². The summed E-state index contributed by atoms with van der Waals surface area (Å²) >= 11 is 1.44. The summed E-state index contributed by atoms with van der Waals surface area (Å²) in [6.45, 7) is 0.869. The molecule has 0 unspecified atom stereocenters. The standard InChI is InChI=1S/C16H18N2O5S/c19-12(8-18-5-3-16(23,4-6-18)15(21)22)10-1-2-13-11(7-10)17-14(20)9-24-13/h1-2,7,23H,3-6,8-9H2,(H,17,20)(H,21,22). The number of aliphatic hydroxyl groups is 1. The number of hydrogen-bond donors (Lipinski definition) is 3. The highest BCUT2D eigenvalue weighted by atomic mass is 32.2. The van der Waals surface area contributed by atoms with E-state index in [1.807, 2.05) is 11.0 Å². The van der Waals surface area contributed by atoms with Gasteiger partial charge in [-0.15, -0.1) is 11.8 Å². The third kappa shape index (κ3) is 3.45. The van der Waals surface area contributed by atoms with Crippen LogP contribution in [0, 0.1) is 0 Å². The number of rotatable bonds is 4. The normalized spacial score (nSPS) is 20.1. The first-order valence-electron chi connectivity index (χ1n) is 7.65. The number of piperidine rings is 1. The number of aliphatic carboxylic acids is 1. The molecule has 0 saturated carbocycles. The third-order valence-corrected chi connectivity index (χ3v) is 5.46. The largest absolute Gasteiger partial charge is 0.479 e. The number of hydrogen-bond acceptors (Lipinski definition) is 6. The van der Waals surface area contributed by atoms with Crippen molar-refractivity contribution in [2.45, 2.75) is 23.3 Å². The molecule has 2 aliphatic rings. The molecule has 1 aromatic carbocycles. The maximum absolute atomic E-state index is 12.4. The highest BCUT2D eigenvalue weighted by Gasteiger charge is 2.39. The molecule has 2 heterocycles. The molecule has 0 aliphatic carbocycles. The number of carboxylic acid groups (broad SMARTS) is 1. The van der Waals surface area contributed by atoms with Gasteiger partial charge in [0.15, 0.2) is 11.4 Å². The van der Waals surface area contributed by atoms with Crippen molar-refractivity contribution in [1.82, 2.24) is 4.90 Å². The molecule has 24 heavy (non-hydrogen) atoms. The number of Topliss-reactive ketones (excluding diaryl/α,β-unsaturated/α-hetero) is 1. The number of carbonyl (C=O) groups excluding carboxylic acids is 2. The number of carboxylic acids is 1. The van der Waals surface area contributed by atoms with Crippen molar-refractivity contribution < 1.29 is 24.6 Å². The Hall–Kier alpha value is -1.90. The van der Waals surface area contributed by atoms with Gasteiger partial charge in [0.2, 0.25) is 5.91 Å². The van der Waals surface area contributed by atoms with Gasteiger partial charge >= 0.3 is 5.97 Å². The summed E-state index contributed by atoms with van der Waals surface area (Å²) in [5.74, 6) is -1.01. The Labute approximate surface area is 143 Å². The Bertz CT molecular complexity index is 698. The zero-order valence-corrected chi connectivity index (χ0v) is 13.8. The monoisotopic (exact) mass is 350 g/mol. The van der Waals surface area contributed by atoms with E-state index in [1.165, 1.54) is 11.8 Å². The fourth-order valence-corrected chi connectivity index (χ4v) is 3.63. The molecule has 8 heteroatoms. The van der Waals surface area contributed by atoms with Gasteiger partial charge in [-0.25, -0.2) is 4.79 Å². The van der Waals surface area contributed by atoms with E-state index in [4.69, 9.17) is 5.11 Å². The first kappa shape index (κ1) is 16.9. The van der Waals surface area contributed by atoms with Crippen molar-refractivity contribution in [3.63, 3.8) is 0 Å². The number of nitrogens with one attached hydrogen (secondary N) is 1. The van der Waals surface area contributed by atoms with E-state index in [1.54, 1.807) is 12.1 Å². The zero-order valence-electron chi connectivity index (χ0n) is 12.9. The summed E-state index contributed by atoms with van der Waals surface area (Å²) in [4.78, 5) is 37.7. The maximum Gasteiger partial charge on any atom is 0.335 e. The Kier molecular flexibility index (Phi) is 4.62. The summed E-state index contributed by atoms with van der Waals surface area (Å²) in [7, 11) is 0. The molecule has 1 saturated heterocycles. The van der Waals surface area contributed by atoms with Crippen LogP contribution in [0.3, 0.4) is 0 Å². The van der Waals surface area contributed by atoms with Gasteiger partial charge < -0.3 is 15.5 Å². The molecule has 1 amide bonds. The van der Waals surface area contributed by atoms with E-state index in [0.29, 0.717) is 30.1 Å². The van der Waals surface area contributed by atoms with Crippen LogP contribution >= 0.6 is 11.8 Å². The number of likely N-dealkylation sites (tertiary alicyclic amines) is 1. The van der Waals surface area contributed by atoms with Crippen LogP contribution in [0.25, 0.3) is 0 Å². The van der Waals surface area contributed by atoms with Crippen LogP contribution in [0.4, 0.5) is 5.69 Å². The number of amides is 1. The predicted molar refractivity (Wildman–Crippen MR) is 88.4 cm³/mol. The molecule has 3 N–H and O–H groups in total. The van der Waals surface area contributed by atoms with E-state index in [0.717, 1.165) is 4.90 Å². The third-order valence-electron chi connectivity index (χ3n) is 4.38. The quantitative estimate of drug-likeness (QED) is 0.690. The Morgan fingerprint density at radius 2 is 2.00 bits per heavy atom.